The van der Waals surface area contributed by atoms with Crippen LogP contribution in [-0.4, -0.2) is 56.0 Å². The number of piperidine rings is 1. The van der Waals surface area contributed by atoms with Gasteiger partial charge in [0.1, 0.15) is 0 Å². The van der Waals surface area contributed by atoms with Crippen LogP contribution >= 0.6 is 35.3 Å². The zero-order chi connectivity index (χ0) is 19.3. The third-order valence-corrected chi connectivity index (χ3v) is 7.28. The Bertz CT molecular complexity index is 764. The molecule has 3 unspecified atom stereocenters. The van der Waals surface area contributed by atoms with Crippen LogP contribution in [0.5, 0.6) is 0 Å². The molecule has 0 aliphatic carbocycles. The van der Waals surface area contributed by atoms with Gasteiger partial charge >= 0.3 is 0 Å². The maximum atomic E-state index is 4.61. The molecule has 1 N–H and O–H groups in total. The van der Waals surface area contributed by atoms with E-state index >= 15 is 0 Å². The lowest BCUT2D eigenvalue weighted by molar-refractivity contribution is 0.124. The third kappa shape index (κ3) is 5.33. The zero-order valence-electron chi connectivity index (χ0n) is 17.5. The summed E-state index contributed by atoms with van der Waals surface area (Å²) in [6.45, 7) is 4.32. The molecular weight excluding hydrogens is 491 g/mol. The number of hydrogen-bond donors (Lipinski definition) is 1. The van der Waals surface area contributed by atoms with Gasteiger partial charge in [-0.25, -0.2) is 0 Å². The molecule has 2 aromatic rings. The number of halogens is 1. The summed E-state index contributed by atoms with van der Waals surface area (Å²) in [5.74, 6) is 2.30. The van der Waals surface area contributed by atoms with Crippen molar-refractivity contribution in [3.05, 3.63) is 58.3 Å². The Balaban J connectivity index is 0.00000240. The highest BCUT2D eigenvalue weighted by Crippen LogP contribution is 2.37. The maximum Gasteiger partial charge on any atom is 0.193 e. The van der Waals surface area contributed by atoms with Crippen LogP contribution in [0.25, 0.3) is 0 Å². The monoisotopic (exact) mass is 524 g/mol. The summed E-state index contributed by atoms with van der Waals surface area (Å²) in [5, 5.41) is 5.92. The molecule has 1 aromatic carbocycles. The lowest BCUT2D eigenvalue weighted by atomic mass is 9.88. The van der Waals surface area contributed by atoms with E-state index in [0.29, 0.717) is 17.9 Å². The number of nitrogens with zero attached hydrogens (tertiary/aromatic N) is 3. The number of likely N-dealkylation sites (tertiary alicyclic amines) is 2. The second kappa shape index (κ2) is 10.8. The van der Waals surface area contributed by atoms with Crippen LogP contribution in [0.15, 0.2) is 52.8 Å². The van der Waals surface area contributed by atoms with E-state index in [0.717, 1.165) is 25.6 Å². The fourth-order valence-corrected chi connectivity index (χ4v) is 5.87. The van der Waals surface area contributed by atoms with Gasteiger partial charge in [0.05, 0.1) is 0 Å². The molecule has 4 nitrogen and oxygen atoms in total. The zero-order valence-corrected chi connectivity index (χ0v) is 20.6. The lowest BCUT2D eigenvalue weighted by Gasteiger charge is -2.39. The number of guanidine groups is 1. The van der Waals surface area contributed by atoms with Crippen LogP contribution < -0.4 is 5.32 Å². The van der Waals surface area contributed by atoms with E-state index in [1.54, 1.807) is 0 Å². The van der Waals surface area contributed by atoms with Crippen molar-refractivity contribution in [1.82, 2.24) is 15.1 Å². The summed E-state index contributed by atoms with van der Waals surface area (Å²) in [5.41, 5.74) is 1.45. The first-order valence-corrected chi connectivity index (χ1v) is 11.4. The van der Waals surface area contributed by atoms with Crippen molar-refractivity contribution in [3.63, 3.8) is 0 Å². The molecule has 0 bridgehead atoms. The van der Waals surface area contributed by atoms with Crippen LogP contribution in [0, 0.1) is 5.92 Å². The Kier molecular flexibility index (Phi) is 8.38. The van der Waals surface area contributed by atoms with Gasteiger partial charge in [-0.3, -0.25) is 9.89 Å². The molecule has 0 amide bonds. The Morgan fingerprint density at radius 3 is 2.69 bits per heavy atom. The first-order valence-electron chi connectivity index (χ1n) is 10.5. The van der Waals surface area contributed by atoms with Gasteiger partial charge in [-0.05, 0) is 55.8 Å². The smallest absolute Gasteiger partial charge is 0.193 e. The van der Waals surface area contributed by atoms with Gasteiger partial charge in [0.25, 0.3) is 0 Å². The minimum Gasteiger partial charge on any atom is -0.356 e. The normalized spacial score (nSPS) is 25.7. The minimum atomic E-state index is 0. The highest BCUT2D eigenvalue weighted by Gasteiger charge is 2.32. The van der Waals surface area contributed by atoms with Crippen molar-refractivity contribution < 1.29 is 0 Å². The number of hydrogen-bond acceptors (Lipinski definition) is 3. The number of aliphatic imine (C=N–C) groups is 1. The van der Waals surface area contributed by atoms with E-state index in [1.807, 2.05) is 18.4 Å². The van der Waals surface area contributed by atoms with Crippen molar-refractivity contribution in [2.75, 3.05) is 40.3 Å². The Morgan fingerprint density at radius 1 is 1.14 bits per heavy atom. The van der Waals surface area contributed by atoms with Crippen LogP contribution in [0.3, 0.4) is 0 Å². The molecule has 0 spiro atoms. The third-order valence-electron chi connectivity index (χ3n) is 6.33. The molecule has 29 heavy (non-hydrogen) atoms. The number of nitrogens with one attached hydrogen (secondary N) is 1. The highest BCUT2D eigenvalue weighted by atomic mass is 127. The standard InChI is InChI=1S/C23H32N4S.HI/c1-24-23(27-14-12-20(17-27)18-8-4-3-5-9-18)25-16-19-10-6-13-26(2)22(19)21-11-7-15-28-21;/h3-5,7-9,11,15,19-20,22H,6,10,12-14,16-17H2,1-2H3,(H,24,25);1H. The largest absolute Gasteiger partial charge is 0.356 e. The molecule has 4 rings (SSSR count). The Morgan fingerprint density at radius 2 is 1.97 bits per heavy atom. The molecule has 2 aliphatic heterocycles. The molecule has 1 aromatic heterocycles. The Hall–Kier alpha value is -1.12. The van der Waals surface area contributed by atoms with E-state index in [4.69, 9.17) is 0 Å². The van der Waals surface area contributed by atoms with Crippen molar-refractivity contribution in [2.24, 2.45) is 10.9 Å². The average Bonchev–Trinajstić information content (AvgIpc) is 3.42. The van der Waals surface area contributed by atoms with Gasteiger partial charge in [-0.1, -0.05) is 36.4 Å². The predicted octanol–water partition coefficient (Wildman–Crippen LogP) is 4.81. The van der Waals surface area contributed by atoms with E-state index in [1.165, 1.54) is 36.2 Å². The predicted molar refractivity (Wildman–Crippen MR) is 135 cm³/mol. The van der Waals surface area contributed by atoms with Gasteiger partial charge in [-0.2, -0.15) is 0 Å². The summed E-state index contributed by atoms with van der Waals surface area (Å²) < 4.78 is 0. The van der Waals surface area contributed by atoms with Gasteiger partial charge in [0.15, 0.2) is 5.96 Å². The van der Waals surface area contributed by atoms with Crippen molar-refractivity contribution in [3.8, 4) is 0 Å². The molecule has 0 radical (unpaired) electrons. The molecule has 2 aliphatic rings. The van der Waals surface area contributed by atoms with E-state index in [9.17, 15) is 0 Å². The summed E-state index contributed by atoms with van der Waals surface area (Å²) in [6.07, 6.45) is 3.77. The van der Waals surface area contributed by atoms with Crippen molar-refractivity contribution in [2.45, 2.75) is 31.2 Å². The molecule has 2 fully saturated rings. The van der Waals surface area contributed by atoms with Crippen molar-refractivity contribution >= 4 is 41.3 Å². The summed E-state index contributed by atoms with van der Waals surface area (Å²) in [4.78, 5) is 11.1. The molecule has 3 heterocycles. The van der Waals surface area contributed by atoms with Crippen LogP contribution in [-0.2, 0) is 0 Å². The van der Waals surface area contributed by atoms with E-state index in [-0.39, 0.29) is 24.0 Å². The fraction of sp³-hybridized carbons (Fsp3) is 0.522. The van der Waals surface area contributed by atoms with E-state index < -0.39 is 0 Å². The Labute approximate surface area is 196 Å². The maximum absolute atomic E-state index is 4.61. The van der Waals surface area contributed by atoms with Gasteiger partial charge in [0, 0.05) is 43.5 Å². The molecule has 0 saturated carbocycles. The number of thiophene rings is 1. The van der Waals surface area contributed by atoms with Crippen molar-refractivity contribution in [1.29, 1.82) is 0 Å². The second-order valence-corrected chi connectivity index (χ2v) is 9.09. The quantitative estimate of drug-likeness (QED) is 0.354. The van der Waals surface area contributed by atoms with Gasteiger partial charge < -0.3 is 10.2 Å². The minimum absolute atomic E-state index is 0. The molecule has 158 valence electrons. The summed E-state index contributed by atoms with van der Waals surface area (Å²) in [7, 11) is 4.19. The highest BCUT2D eigenvalue weighted by molar-refractivity contribution is 14.0. The first-order chi connectivity index (χ1) is 13.8. The second-order valence-electron chi connectivity index (χ2n) is 8.11. The lowest BCUT2D eigenvalue weighted by Crippen LogP contribution is -2.45. The SMILES string of the molecule is CN=C(NCC1CCCN(C)C1c1cccs1)N1CCC(c2ccccc2)C1.I. The van der Waals surface area contributed by atoms with Gasteiger partial charge in [0.2, 0.25) is 0 Å². The number of rotatable bonds is 4. The van der Waals surface area contributed by atoms with Crippen LogP contribution in [0.4, 0.5) is 0 Å². The van der Waals surface area contributed by atoms with Crippen LogP contribution in [0.2, 0.25) is 0 Å². The molecule has 3 atom stereocenters. The first kappa shape index (κ1) is 22.6. The fourth-order valence-electron chi connectivity index (χ4n) is 4.89. The summed E-state index contributed by atoms with van der Waals surface area (Å²) >= 11 is 1.89. The molecule has 2 saturated heterocycles. The van der Waals surface area contributed by atoms with Gasteiger partial charge in [-0.15, -0.1) is 35.3 Å². The van der Waals surface area contributed by atoms with E-state index in [2.05, 4.69) is 75.0 Å². The average molecular weight is 525 g/mol. The topological polar surface area (TPSA) is 30.9 Å². The van der Waals surface area contributed by atoms with Crippen LogP contribution in [0.1, 0.15) is 41.7 Å². The number of benzene rings is 1. The molecular formula is C23H33IN4S. The summed E-state index contributed by atoms with van der Waals surface area (Å²) in [6, 6.07) is 15.9. The molecule has 6 heteroatoms.